The molecule has 1 aliphatic rings. The zero-order chi connectivity index (χ0) is 19.5. The fourth-order valence-electron chi connectivity index (χ4n) is 3.11. The Labute approximate surface area is 172 Å². The Hall–Kier alpha value is -0.940. The lowest BCUT2D eigenvalue weighted by Gasteiger charge is -2.22. The predicted molar refractivity (Wildman–Crippen MR) is 115 cm³/mol. The summed E-state index contributed by atoms with van der Waals surface area (Å²) in [5.41, 5.74) is 3.67. The lowest BCUT2D eigenvalue weighted by Crippen LogP contribution is -2.22. The van der Waals surface area contributed by atoms with E-state index in [0.717, 1.165) is 55.2 Å². The van der Waals surface area contributed by atoms with Gasteiger partial charge < -0.3 is 14.6 Å². The van der Waals surface area contributed by atoms with Gasteiger partial charge in [0.25, 0.3) is 0 Å². The zero-order valence-electron chi connectivity index (χ0n) is 16.6. The lowest BCUT2D eigenvalue weighted by atomic mass is 10.0. The van der Waals surface area contributed by atoms with Crippen LogP contribution in [0.4, 0.5) is 0 Å². The molecule has 4 heteroatoms. The molecule has 1 aromatic rings. The van der Waals surface area contributed by atoms with Gasteiger partial charge in [0.1, 0.15) is 0 Å². The topological polar surface area (TPSA) is 38.7 Å². The van der Waals surface area contributed by atoms with Gasteiger partial charge in [-0.15, -0.1) is 0 Å². The molecule has 0 aliphatic carbocycles. The van der Waals surface area contributed by atoms with E-state index in [1.165, 1.54) is 17.6 Å². The second-order valence-corrected chi connectivity index (χ2v) is 8.29. The number of aliphatic hydroxyl groups is 1. The molecule has 1 heterocycles. The maximum Gasteiger partial charge on any atom is 0.157 e. The molecule has 1 aromatic carbocycles. The standard InChI is InChI=1S/C23H33BrO3/c1-18(9-14-22(25)20-10-12-21(24)13-11-20)6-5-7-19(2)15-17-27-23-8-3-4-16-26-23/h6,10-13,15,22-23,25H,3-5,7-9,14,16-17H2,1-2H3. The first kappa shape index (κ1) is 22.4. The van der Waals surface area contributed by atoms with Gasteiger partial charge in [0.2, 0.25) is 0 Å². The van der Waals surface area contributed by atoms with Gasteiger partial charge in [-0.3, -0.25) is 0 Å². The lowest BCUT2D eigenvalue weighted by molar-refractivity contribution is -0.155. The highest BCUT2D eigenvalue weighted by Gasteiger charge is 2.12. The van der Waals surface area contributed by atoms with Gasteiger partial charge in [-0.1, -0.05) is 51.4 Å². The van der Waals surface area contributed by atoms with Crippen molar-refractivity contribution >= 4 is 15.9 Å². The normalized spacial score (nSPS) is 19.9. The molecule has 0 bridgehead atoms. The Morgan fingerprint density at radius 1 is 1.19 bits per heavy atom. The van der Waals surface area contributed by atoms with Crippen molar-refractivity contribution in [3.8, 4) is 0 Å². The van der Waals surface area contributed by atoms with Crippen LogP contribution in [0.15, 0.2) is 52.0 Å². The van der Waals surface area contributed by atoms with Crippen molar-refractivity contribution in [1.82, 2.24) is 0 Å². The highest BCUT2D eigenvalue weighted by molar-refractivity contribution is 9.10. The van der Waals surface area contributed by atoms with Crippen LogP contribution < -0.4 is 0 Å². The monoisotopic (exact) mass is 436 g/mol. The number of hydrogen-bond acceptors (Lipinski definition) is 3. The Kier molecular flexibility index (Phi) is 10.4. The molecule has 2 unspecified atom stereocenters. The Morgan fingerprint density at radius 3 is 2.63 bits per heavy atom. The number of ether oxygens (including phenoxy) is 2. The molecule has 1 saturated heterocycles. The van der Waals surface area contributed by atoms with Crippen LogP contribution in [0.2, 0.25) is 0 Å². The third-order valence-electron chi connectivity index (χ3n) is 4.95. The maximum absolute atomic E-state index is 10.3. The fourth-order valence-corrected chi connectivity index (χ4v) is 3.37. The first-order valence-electron chi connectivity index (χ1n) is 10.0. The summed E-state index contributed by atoms with van der Waals surface area (Å²) in [6, 6.07) is 7.89. The molecule has 1 aliphatic heterocycles. The minimum absolute atomic E-state index is 0.0119. The van der Waals surface area contributed by atoms with Crippen LogP contribution in [0.5, 0.6) is 0 Å². The van der Waals surface area contributed by atoms with Gasteiger partial charge in [-0.25, -0.2) is 0 Å². The van der Waals surface area contributed by atoms with Crippen LogP contribution in [0.1, 0.15) is 70.5 Å². The molecular weight excluding hydrogens is 404 g/mol. The Morgan fingerprint density at radius 2 is 1.93 bits per heavy atom. The minimum Gasteiger partial charge on any atom is -0.388 e. The summed E-state index contributed by atoms with van der Waals surface area (Å²) in [4.78, 5) is 0. The number of rotatable bonds is 10. The molecule has 3 nitrogen and oxygen atoms in total. The Bertz CT molecular complexity index is 601. The third-order valence-corrected chi connectivity index (χ3v) is 5.48. The molecule has 0 saturated carbocycles. The highest BCUT2D eigenvalue weighted by Crippen LogP contribution is 2.23. The quantitative estimate of drug-likeness (QED) is 0.426. The van der Waals surface area contributed by atoms with Gasteiger partial charge >= 0.3 is 0 Å². The van der Waals surface area contributed by atoms with Crippen molar-refractivity contribution in [1.29, 1.82) is 0 Å². The van der Waals surface area contributed by atoms with E-state index in [9.17, 15) is 5.11 Å². The third kappa shape index (κ3) is 9.20. The van der Waals surface area contributed by atoms with E-state index < -0.39 is 6.10 Å². The van der Waals surface area contributed by atoms with Crippen LogP contribution in [-0.2, 0) is 9.47 Å². The van der Waals surface area contributed by atoms with E-state index in [0.29, 0.717) is 6.61 Å². The molecule has 0 radical (unpaired) electrons. The summed E-state index contributed by atoms with van der Waals surface area (Å²) >= 11 is 3.42. The minimum atomic E-state index is -0.401. The Balaban J connectivity index is 1.62. The largest absolute Gasteiger partial charge is 0.388 e. The van der Waals surface area contributed by atoms with E-state index in [-0.39, 0.29) is 6.29 Å². The summed E-state index contributed by atoms with van der Waals surface area (Å²) in [7, 11) is 0. The molecule has 1 N–H and O–H groups in total. The van der Waals surface area contributed by atoms with E-state index in [4.69, 9.17) is 9.47 Å². The molecular formula is C23H33BrO3. The van der Waals surface area contributed by atoms with Crippen LogP contribution in [0, 0.1) is 0 Å². The molecule has 0 aromatic heterocycles. The van der Waals surface area contributed by atoms with Crippen LogP contribution in [-0.4, -0.2) is 24.6 Å². The molecule has 1 fully saturated rings. The van der Waals surface area contributed by atoms with Crippen LogP contribution >= 0.6 is 15.9 Å². The van der Waals surface area contributed by atoms with Crippen molar-refractivity contribution in [3.63, 3.8) is 0 Å². The summed E-state index contributed by atoms with van der Waals surface area (Å²) in [5.74, 6) is 0. The van der Waals surface area contributed by atoms with E-state index >= 15 is 0 Å². The average molecular weight is 437 g/mol. The number of aliphatic hydroxyl groups excluding tert-OH is 1. The second-order valence-electron chi connectivity index (χ2n) is 7.38. The van der Waals surface area contributed by atoms with Crippen molar-refractivity contribution in [3.05, 3.63) is 57.6 Å². The van der Waals surface area contributed by atoms with Crippen LogP contribution in [0.3, 0.4) is 0 Å². The fraction of sp³-hybridized carbons (Fsp3) is 0.565. The summed E-state index contributed by atoms with van der Waals surface area (Å²) in [6.45, 7) is 5.77. The smallest absolute Gasteiger partial charge is 0.157 e. The summed E-state index contributed by atoms with van der Waals surface area (Å²) in [6.07, 6.45) is 11.2. The van der Waals surface area contributed by atoms with Crippen molar-refractivity contribution < 1.29 is 14.6 Å². The van der Waals surface area contributed by atoms with E-state index in [1.54, 1.807) is 0 Å². The second kappa shape index (κ2) is 12.5. The molecule has 27 heavy (non-hydrogen) atoms. The molecule has 2 atom stereocenters. The van der Waals surface area contributed by atoms with Gasteiger partial charge in [-0.05, 0) is 76.5 Å². The number of benzene rings is 1. The first-order valence-corrected chi connectivity index (χ1v) is 10.8. The highest BCUT2D eigenvalue weighted by atomic mass is 79.9. The average Bonchev–Trinajstić information content (AvgIpc) is 2.67. The van der Waals surface area contributed by atoms with Crippen molar-refractivity contribution in [2.75, 3.05) is 13.2 Å². The van der Waals surface area contributed by atoms with Gasteiger partial charge in [0.05, 0.1) is 12.7 Å². The van der Waals surface area contributed by atoms with Gasteiger partial charge in [0, 0.05) is 11.1 Å². The number of hydrogen-bond donors (Lipinski definition) is 1. The molecule has 0 spiro atoms. The van der Waals surface area contributed by atoms with Crippen molar-refractivity contribution in [2.45, 2.75) is 71.2 Å². The SMILES string of the molecule is CC(=CCOC1CCCCO1)CCC=C(C)CCC(O)c1ccc(Br)cc1. The number of allylic oxidation sites excluding steroid dienone is 3. The van der Waals surface area contributed by atoms with E-state index in [2.05, 4.69) is 41.9 Å². The molecule has 150 valence electrons. The van der Waals surface area contributed by atoms with Gasteiger partial charge in [0.15, 0.2) is 6.29 Å². The van der Waals surface area contributed by atoms with Crippen molar-refractivity contribution in [2.24, 2.45) is 0 Å². The van der Waals surface area contributed by atoms with Gasteiger partial charge in [-0.2, -0.15) is 0 Å². The maximum atomic E-state index is 10.3. The molecule has 0 amide bonds. The predicted octanol–water partition coefficient (Wildman–Crippen LogP) is 6.48. The molecule has 2 rings (SSSR count). The van der Waals surface area contributed by atoms with Crippen LogP contribution in [0.25, 0.3) is 0 Å². The van der Waals surface area contributed by atoms with E-state index in [1.807, 2.05) is 24.3 Å². The number of halogens is 1. The zero-order valence-corrected chi connectivity index (χ0v) is 18.2. The summed E-state index contributed by atoms with van der Waals surface area (Å²) in [5, 5.41) is 10.3. The summed E-state index contributed by atoms with van der Waals surface area (Å²) < 4.78 is 12.4. The first-order chi connectivity index (χ1) is 13.0.